The fraction of sp³-hybridized carbons (Fsp3) is 0.667. The Hall–Kier alpha value is 0.926. The number of hydrogen-bond acceptors (Lipinski definition) is 5. The molecule has 2 aromatic rings. The predicted octanol–water partition coefficient (Wildman–Crippen LogP) is 1.53. The van der Waals surface area contributed by atoms with Crippen molar-refractivity contribution in [3.8, 4) is 0 Å². The average molecular weight is 650 g/mol. The number of ether oxygens (including phenoxy) is 1. The first-order valence-electron chi connectivity index (χ1n) is 8.11. The summed E-state index contributed by atoms with van der Waals surface area (Å²) in [4.78, 5) is 3.22. The van der Waals surface area contributed by atoms with Crippen LogP contribution in [0, 0.1) is 6.42 Å². The Labute approximate surface area is 214 Å². The predicted molar refractivity (Wildman–Crippen MR) is 116 cm³/mol. The molecule has 152 valence electrons. The molecule has 0 amide bonds. The Bertz CT molecular complexity index is 539. The summed E-state index contributed by atoms with van der Waals surface area (Å²) in [7, 11) is 0. The van der Waals surface area contributed by atoms with Crippen LogP contribution in [0.15, 0.2) is 20.0 Å². The van der Waals surface area contributed by atoms with E-state index >= 15 is 0 Å². The van der Waals surface area contributed by atoms with Crippen LogP contribution in [0.2, 0.25) is 0 Å². The number of hydrogen-bond donors (Lipinski definition) is 0. The maximum Gasteiger partial charge on any atom is 2.00 e. The fourth-order valence-corrected chi connectivity index (χ4v) is 2.19. The molecule has 1 saturated heterocycles. The van der Waals surface area contributed by atoms with E-state index in [-0.39, 0.29) is 40.0 Å². The summed E-state index contributed by atoms with van der Waals surface area (Å²) in [6, 6.07) is 0. The topological polar surface area (TPSA) is 70.7 Å². The third-order valence-electron chi connectivity index (χ3n) is 2.48. The molecule has 0 aromatic carbocycles. The summed E-state index contributed by atoms with van der Waals surface area (Å²) in [6.07, 6.45) is 6.23. The molecule has 12 heteroatoms. The summed E-state index contributed by atoms with van der Waals surface area (Å²) in [5.41, 5.74) is 0. The zero-order valence-electron chi connectivity index (χ0n) is 16.2. The van der Waals surface area contributed by atoms with E-state index in [1.54, 1.807) is 15.8 Å². The minimum absolute atomic E-state index is 0. The molecule has 2 aromatic heterocycles. The molecule has 1 fully saturated rings. The smallest absolute Gasteiger partial charge is 1.00 e. The quantitative estimate of drug-likeness (QED) is 0.365. The van der Waals surface area contributed by atoms with Gasteiger partial charge in [0.05, 0.1) is 19.3 Å². The van der Waals surface area contributed by atoms with Crippen LogP contribution in [0.25, 0.3) is 0 Å². The van der Waals surface area contributed by atoms with Gasteiger partial charge >= 0.3 is 23.1 Å². The van der Waals surface area contributed by atoms with E-state index in [1.807, 2.05) is 34.1 Å². The molecular formula is C15H26Br4MgN6O. The Morgan fingerprint density at radius 1 is 0.963 bits per heavy atom. The van der Waals surface area contributed by atoms with Crippen molar-refractivity contribution in [2.45, 2.75) is 53.6 Å². The molecule has 0 saturated carbocycles. The second kappa shape index (κ2) is 21.6. The van der Waals surface area contributed by atoms with Crippen LogP contribution >= 0.6 is 47.8 Å². The summed E-state index contributed by atoms with van der Waals surface area (Å²) < 4.78 is 7.24. The van der Waals surface area contributed by atoms with Crippen LogP contribution in [0.4, 0.5) is 0 Å². The number of halogens is 4. The van der Waals surface area contributed by atoms with Gasteiger partial charge in [0.15, 0.2) is 9.21 Å². The fourth-order valence-electron chi connectivity index (χ4n) is 1.39. The van der Waals surface area contributed by atoms with E-state index < -0.39 is 0 Å². The van der Waals surface area contributed by atoms with Crippen molar-refractivity contribution in [1.82, 2.24) is 30.0 Å². The van der Waals surface area contributed by atoms with Crippen molar-refractivity contribution in [3.05, 3.63) is 26.4 Å². The van der Waals surface area contributed by atoms with E-state index in [4.69, 9.17) is 4.74 Å². The average Bonchev–Trinajstić information content (AvgIpc) is 3.34. The Kier molecular flexibility index (Phi) is 26.1. The Morgan fingerprint density at radius 3 is 1.59 bits per heavy atom. The summed E-state index contributed by atoms with van der Waals surface area (Å²) in [5.74, 6) is 0. The normalized spacial score (nSPS) is 11.4. The van der Waals surface area contributed by atoms with Crippen molar-refractivity contribution in [2.24, 2.45) is 0 Å². The standard InChI is InChI=1S/C4H5Br2N3.C4H6BrN3.C4H8O.C3H7.BrH.Mg/c1-2-9-7-3(5)4(6)8-9;1-2-8-6-3-4(5)7-8;1-2-4-5-3-1;1-3-2;;/h2H2,1H3;3H,2H2,1H3;1-4H2;3H,1-2H3;1H;/q;;;-1;;+2/p-1. The van der Waals surface area contributed by atoms with Gasteiger partial charge in [0.25, 0.3) is 0 Å². The summed E-state index contributed by atoms with van der Waals surface area (Å²) >= 11 is 9.61. The second-order valence-electron chi connectivity index (χ2n) is 4.72. The van der Waals surface area contributed by atoms with E-state index in [2.05, 4.69) is 68.2 Å². The Balaban J connectivity index is -0.000000296. The van der Waals surface area contributed by atoms with E-state index in [0.717, 1.165) is 40.1 Å². The van der Waals surface area contributed by atoms with Crippen LogP contribution in [-0.4, -0.2) is 66.3 Å². The van der Waals surface area contributed by atoms with Crippen molar-refractivity contribution in [2.75, 3.05) is 13.2 Å². The molecule has 1 aliphatic heterocycles. The molecule has 1 aliphatic rings. The van der Waals surface area contributed by atoms with Crippen LogP contribution < -0.4 is 17.0 Å². The van der Waals surface area contributed by atoms with E-state index in [0.29, 0.717) is 0 Å². The number of aryl methyl sites for hydroxylation is 2. The molecule has 7 nitrogen and oxygen atoms in total. The molecule has 0 atom stereocenters. The molecule has 0 spiro atoms. The number of aromatic nitrogens is 6. The van der Waals surface area contributed by atoms with Gasteiger partial charge in [-0.25, -0.2) is 0 Å². The SMILES string of the molecule is C1CCOC1.CCn1nc(Br)c(Br)n1.CCn1ncc(Br)n1.C[CH-]C.[Br-].[Mg+2]. The van der Waals surface area contributed by atoms with Gasteiger partial charge in [-0.05, 0) is 74.5 Å². The third-order valence-corrected chi connectivity index (χ3v) is 4.44. The molecule has 27 heavy (non-hydrogen) atoms. The Morgan fingerprint density at radius 2 is 1.41 bits per heavy atom. The molecule has 0 aliphatic carbocycles. The van der Waals surface area contributed by atoms with E-state index in [9.17, 15) is 0 Å². The molecular weight excluding hydrogens is 624 g/mol. The van der Waals surface area contributed by atoms with Crippen LogP contribution in [0.3, 0.4) is 0 Å². The number of rotatable bonds is 2. The molecule has 0 unspecified atom stereocenters. The first-order chi connectivity index (χ1) is 12.0. The minimum Gasteiger partial charge on any atom is -1.00 e. The third kappa shape index (κ3) is 17.5. The van der Waals surface area contributed by atoms with Gasteiger partial charge < -0.3 is 28.1 Å². The van der Waals surface area contributed by atoms with E-state index in [1.165, 1.54) is 12.8 Å². The maximum atomic E-state index is 4.94. The maximum absolute atomic E-state index is 4.94. The van der Waals surface area contributed by atoms with Gasteiger partial charge in [0.2, 0.25) is 0 Å². The second-order valence-corrected chi connectivity index (χ2v) is 7.04. The number of nitrogens with zero attached hydrogens (tertiary/aromatic N) is 6. The molecule has 3 rings (SSSR count). The first-order valence-corrected chi connectivity index (χ1v) is 10.5. The monoisotopic (exact) mass is 646 g/mol. The molecule has 0 radical (unpaired) electrons. The van der Waals surface area contributed by atoms with Crippen LogP contribution in [0.5, 0.6) is 0 Å². The first kappa shape index (κ1) is 32.6. The molecule has 3 heterocycles. The van der Waals surface area contributed by atoms with Crippen LogP contribution in [0.1, 0.15) is 40.5 Å². The van der Waals surface area contributed by atoms with Crippen molar-refractivity contribution < 1.29 is 21.7 Å². The van der Waals surface area contributed by atoms with Gasteiger partial charge in [-0.1, -0.05) is 0 Å². The van der Waals surface area contributed by atoms with Gasteiger partial charge in [-0.15, -0.1) is 15.3 Å². The zero-order chi connectivity index (χ0) is 19.1. The summed E-state index contributed by atoms with van der Waals surface area (Å²) in [6.45, 7) is 11.6. The minimum atomic E-state index is 0. The largest absolute Gasteiger partial charge is 2.00 e. The van der Waals surface area contributed by atoms with Crippen molar-refractivity contribution in [3.63, 3.8) is 0 Å². The summed E-state index contributed by atoms with van der Waals surface area (Å²) in [5, 5.41) is 15.9. The zero-order valence-corrected chi connectivity index (χ0v) is 24.0. The van der Waals surface area contributed by atoms with Gasteiger partial charge in [-0.3, -0.25) is 0 Å². The van der Waals surface area contributed by atoms with Crippen LogP contribution in [-0.2, 0) is 17.8 Å². The van der Waals surface area contributed by atoms with Crippen molar-refractivity contribution >= 4 is 70.8 Å². The van der Waals surface area contributed by atoms with Crippen molar-refractivity contribution in [1.29, 1.82) is 0 Å². The molecule has 0 bridgehead atoms. The molecule has 0 N–H and O–H groups in total. The van der Waals surface area contributed by atoms with Gasteiger partial charge in [0, 0.05) is 13.2 Å². The van der Waals surface area contributed by atoms with Gasteiger partial charge in [0.1, 0.15) is 4.60 Å². The van der Waals surface area contributed by atoms with Gasteiger partial charge in [-0.2, -0.15) is 28.5 Å².